The SMILES string of the molecule is CC(C)C[C@@H](C(=O)NCCC(=O)[O-])n1cnc2ccccc2c1=O. The van der Waals surface area contributed by atoms with Crippen LogP contribution in [0.2, 0.25) is 0 Å². The first-order chi connectivity index (χ1) is 11.4. The summed E-state index contributed by atoms with van der Waals surface area (Å²) in [5.74, 6) is -1.47. The first-order valence-corrected chi connectivity index (χ1v) is 7.83. The molecule has 2 aromatic rings. The number of aromatic nitrogens is 2. The number of nitrogens with zero attached hydrogens (tertiary/aromatic N) is 2. The minimum absolute atomic E-state index is 0.0362. The lowest BCUT2D eigenvalue weighted by Gasteiger charge is -2.21. The van der Waals surface area contributed by atoms with Gasteiger partial charge in [0.1, 0.15) is 6.04 Å². The third kappa shape index (κ3) is 4.18. The Morgan fingerprint density at radius 1 is 1.29 bits per heavy atom. The van der Waals surface area contributed by atoms with Crippen LogP contribution in [0.25, 0.3) is 10.9 Å². The molecule has 0 aliphatic rings. The van der Waals surface area contributed by atoms with Gasteiger partial charge >= 0.3 is 0 Å². The lowest BCUT2D eigenvalue weighted by atomic mass is 10.0. The predicted octanol–water partition coefficient (Wildman–Crippen LogP) is 0.240. The number of carboxylic acid groups (broad SMARTS) is 1. The van der Waals surface area contributed by atoms with Crippen LogP contribution in [0.4, 0.5) is 0 Å². The van der Waals surface area contributed by atoms with Crippen molar-refractivity contribution in [2.45, 2.75) is 32.7 Å². The summed E-state index contributed by atoms with van der Waals surface area (Å²) in [6.07, 6.45) is 1.54. The van der Waals surface area contributed by atoms with Crippen molar-refractivity contribution in [2.75, 3.05) is 6.54 Å². The number of carboxylic acids is 1. The maximum absolute atomic E-state index is 12.7. The van der Waals surface area contributed by atoms with Crippen molar-refractivity contribution in [3.8, 4) is 0 Å². The van der Waals surface area contributed by atoms with Gasteiger partial charge in [-0.1, -0.05) is 26.0 Å². The van der Waals surface area contributed by atoms with E-state index in [1.54, 1.807) is 24.3 Å². The van der Waals surface area contributed by atoms with Gasteiger partial charge in [-0.25, -0.2) is 4.98 Å². The largest absolute Gasteiger partial charge is 0.550 e. The molecule has 128 valence electrons. The van der Waals surface area contributed by atoms with E-state index in [9.17, 15) is 19.5 Å². The van der Waals surface area contributed by atoms with Crippen molar-refractivity contribution in [1.82, 2.24) is 14.9 Å². The number of amides is 1. The minimum atomic E-state index is -1.24. The molecular weight excluding hydrogens is 310 g/mol. The second-order valence-electron chi connectivity index (χ2n) is 6.03. The maximum Gasteiger partial charge on any atom is 0.261 e. The summed E-state index contributed by atoms with van der Waals surface area (Å²) < 4.78 is 1.32. The van der Waals surface area contributed by atoms with Crippen LogP contribution in [0.1, 0.15) is 32.7 Å². The van der Waals surface area contributed by atoms with Gasteiger partial charge in [-0.05, 0) is 24.5 Å². The van der Waals surface area contributed by atoms with E-state index in [-0.39, 0.29) is 24.4 Å². The minimum Gasteiger partial charge on any atom is -0.550 e. The third-order valence-electron chi connectivity index (χ3n) is 3.65. The number of carbonyl (C=O) groups is 2. The zero-order chi connectivity index (χ0) is 17.7. The first kappa shape index (κ1) is 17.7. The van der Waals surface area contributed by atoms with E-state index in [1.807, 2.05) is 13.8 Å². The summed E-state index contributed by atoms with van der Waals surface area (Å²) in [7, 11) is 0. The number of carbonyl (C=O) groups excluding carboxylic acids is 2. The molecule has 0 aliphatic heterocycles. The number of aliphatic carboxylic acids is 1. The van der Waals surface area contributed by atoms with Crippen LogP contribution in [-0.4, -0.2) is 28.0 Å². The standard InChI is InChI=1S/C17H21N3O4/c1-11(2)9-14(16(23)18-8-7-15(21)22)20-10-19-13-6-4-3-5-12(13)17(20)24/h3-6,10-11,14H,7-9H2,1-2H3,(H,18,23)(H,21,22)/p-1/t14-/m0/s1. The molecule has 1 heterocycles. The summed E-state index contributed by atoms with van der Waals surface area (Å²) in [5.41, 5.74) is 0.278. The second-order valence-corrected chi connectivity index (χ2v) is 6.03. The Hall–Kier alpha value is -2.70. The van der Waals surface area contributed by atoms with E-state index in [0.717, 1.165) is 0 Å². The van der Waals surface area contributed by atoms with E-state index < -0.39 is 17.9 Å². The molecule has 0 saturated heterocycles. The summed E-state index contributed by atoms with van der Waals surface area (Å²) in [4.78, 5) is 39.8. The molecular formula is C17H20N3O4-. The molecule has 7 nitrogen and oxygen atoms in total. The number of nitrogens with one attached hydrogen (secondary N) is 1. The fourth-order valence-corrected chi connectivity index (χ4v) is 2.50. The Morgan fingerprint density at radius 2 is 2.00 bits per heavy atom. The molecule has 0 bridgehead atoms. The van der Waals surface area contributed by atoms with Crippen LogP contribution in [0.5, 0.6) is 0 Å². The highest BCUT2D eigenvalue weighted by molar-refractivity contribution is 5.82. The van der Waals surface area contributed by atoms with E-state index in [1.165, 1.54) is 10.9 Å². The van der Waals surface area contributed by atoms with Crippen LogP contribution < -0.4 is 16.0 Å². The number of hydrogen-bond acceptors (Lipinski definition) is 5. The molecule has 1 atom stereocenters. The molecule has 0 spiro atoms. The maximum atomic E-state index is 12.7. The number of fused-ring (bicyclic) bond motifs is 1. The molecule has 1 aromatic carbocycles. The molecule has 0 aliphatic carbocycles. The van der Waals surface area contributed by atoms with E-state index >= 15 is 0 Å². The van der Waals surface area contributed by atoms with Gasteiger partial charge < -0.3 is 15.2 Å². The zero-order valence-corrected chi connectivity index (χ0v) is 13.7. The van der Waals surface area contributed by atoms with Crippen LogP contribution in [0, 0.1) is 5.92 Å². The normalized spacial score (nSPS) is 12.3. The van der Waals surface area contributed by atoms with Gasteiger partial charge in [0.15, 0.2) is 0 Å². The molecule has 0 saturated carbocycles. The Kier molecular flexibility index (Phi) is 5.68. The summed E-state index contributed by atoms with van der Waals surface area (Å²) >= 11 is 0. The van der Waals surface area contributed by atoms with E-state index in [0.29, 0.717) is 17.3 Å². The third-order valence-corrected chi connectivity index (χ3v) is 3.65. The lowest BCUT2D eigenvalue weighted by molar-refractivity contribution is -0.305. The van der Waals surface area contributed by atoms with Gasteiger partial charge in [-0.15, -0.1) is 0 Å². The molecule has 0 fully saturated rings. The highest BCUT2D eigenvalue weighted by Gasteiger charge is 2.23. The molecule has 1 amide bonds. The molecule has 24 heavy (non-hydrogen) atoms. The second kappa shape index (κ2) is 7.72. The van der Waals surface area contributed by atoms with E-state index in [2.05, 4.69) is 10.3 Å². The van der Waals surface area contributed by atoms with Crippen molar-refractivity contribution >= 4 is 22.8 Å². The molecule has 1 aromatic heterocycles. The van der Waals surface area contributed by atoms with Gasteiger partial charge in [0.2, 0.25) is 5.91 Å². The highest BCUT2D eigenvalue weighted by atomic mass is 16.4. The van der Waals surface area contributed by atoms with Crippen molar-refractivity contribution in [3.63, 3.8) is 0 Å². The van der Waals surface area contributed by atoms with Crippen LogP contribution in [0.15, 0.2) is 35.4 Å². The van der Waals surface area contributed by atoms with Gasteiger partial charge in [-0.3, -0.25) is 14.2 Å². The Labute approximate surface area is 139 Å². The van der Waals surface area contributed by atoms with Gasteiger partial charge in [0.05, 0.1) is 17.2 Å². The summed E-state index contributed by atoms with van der Waals surface area (Å²) in [6, 6.07) is 6.20. The van der Waals surface area contributed by atoms with Crippen molar-refractivity contribution in [2.24, 2.45) is 5.92 Å². The average molecular weight is 330 g/mol. The lowest BCUT2D eigenvalue weighted by Crippen LogP contribution is -2.39. The fraction of sp³-hybridized carbons (Fsp3) is 0.412. The van der Waals surface area contributed by atoms with Crippen LogP contribution >= 0.6 is 0 Å². The van der Waals surface area contributed by atoms with Gasteiger partial charge in [0, 0.05) is 18.9 Å². The smallest absolute Gasteiger partial charge is 0.261 e. The number of hydrogen-bond donors (Lipinski definition) is 1. The summed E-state index contributed by atoms with van der Waals surface area (Å²) in [5, 5.41) is 13.5. The number of para-hydroxylation sites is 1. The first-order valence-electron chi connectivity index (χ1n) is 7.83. The molecule has 1 N–H and O–H groups in total. The van der Waals surface area contributed by atoms with Crippen LogP contribution in [-0.2, 0) is 9.59 Å². The zero-order valence-electron chi connectivity index (χ0n) is 13.7. The fourth-order valence-electron chi connectivity index (χ4n) is 2.50. The van der Waals surface area contributed by atoms with Crippen molar-refractivity contribution in [3.05, 3.63) is 40.9 Å². The van der Waals surface area contributed by atoms with Crippen molar-refractivity contribution in [1.29, 1.82) is 0 Å². The topological polar surface area (TPSA) is 104 Å². The Morgan fingerprint density at radius 3 is 2.67 bits per heavy atom. The monoisotopic (exact) mass is 330 g/mol. The average Bonchev–Trinajstić information content (AvgIpc) is 2.53. The Bertz CT molecular complexity index is 798. The predicted molar refractivity (Wildman–Crippen MR) is 87.1 cm³/mol. The quantitative estimate of drug-likeness (QED) is 0.783. The number of rotatable bonds is 7. The molecule has 7 heteroatoms. The molecule has 0 unspecified atom stereocenters. The highest BCUT2D eigenvalue weighted by Crippen LogP contribution is 2.17. The molecule has 2 rings (SSSR count). The Balaban J connectivity index is 2.34. The van der Waals surface area contributed by atoms with Crippen LogP contribution in [0.3, 0.4) is 0 Å². The number of benzene rings is 1. The summed E-state index contributed by atoms with van der Waals surface area (Å²) in [6.45, 7) is 3.85. The van der Waals surface area contributed by atoms with Crippen molar-refractivity contribution < 1.29 is 14.7 Å². The van der Waals surface area contributed by atoms with E-state index in [4.69, 9.17) is 0 Å². The van der Waals surface area contributed by atoms with Gasteiger partial charge in [0.25, 0.3) is 5.56 Å². The molecule has 0 radical (unpaired) electrons. The van der Waals surface area contributed by atoms with Gasteiger partial charge in [-0.2, -0.15) is 0 Å².